The third-order valence-electron chi connectivity index (χ3n) is 5.45. The first-order valence-corrected chi connectivity index (χ1v) is 11.1. The van der Waals surface area contributed by atoms with Gasteiger partial charge in [-0.15, -0.1) is 0 Å². The number of amides is 2. The number of piperazine rings is 1. The summed E-state index contributed by atoms with van der Waals surface area (Å²) in [5.74, 6) is 0.0139. The molecule has 0 saturated carbocycles. The smallest absolute Gasteiger partial charge is 0.259 e. The van der Waals surface area contributed by atoms with Gasteiger partial charge >= 0.3 is 0 Å². The Morgan fingerprint density at radius 2 is 2.20 bits per heavy atom. The van der Waals surface area contributed by atoms with Crippen LogP contribution < -0.4 is 15.4 Å². The number of ether oxygens (including phenoxy) is 1. The van der Waals surface area contributed by atoms with Crippen LogP contribution in [0.5, 0.6) is 5.75 Å². The van der Waals surface area contributed by atoms with Gasteiger partial charge in [0.2, 0.25) is 5.91 Å². The number of aldehydes is 1. The molecule has 178 valence electrons. The van der Waals surface area contributed by atoms with Crippen molar-refractivity contribution >= 4 is 34.8 Å². The number of anilines is 1. The van der Waals surface area contributed by atoms with Crippen LogP contribution in [-0.2, 0) is 11.3 Å². The molecule has 1 fully saturated rings. The molecule has 1 aliphatic heterocycles. The number of carbonyl (C=O) groups excluding carboxylic acids is 3. The Hall–Kier alpha value is -4.36. The largest absolute Gasteiger partial charge is 0.489 e. The molecule has 3 heterocycles. The second-order valence-corrected chi connectivity index (χ2v) is 8.32. The van der Waals surface area contributed by atoms with E-state index in [1.165, 1.54) is 12.3 Å². The SMILES string of the molecule is CC(C)Oc1cc(NC(=O)c2cccc3cc(CN4CCNCC4=O)c(C=O)nc23)ncc1C#N. The fourth-order valence-corrected chi connectivity index (χ4v) is 3.81. The first-order valence-electron chi connectivity index (χ1n) is 11.1. The van der Waals surface area contributed by atoms with Gasteiger partial charge in [-0.2, -0.15) is 5.26 Å². The van der Waals surface area contributed by atoms with E-state index in [2.05, 4.69) is 20.6 Å². The number of para-hydroxylation sites is 1. The van der Waals surface area contributed by atoms with Crippen molar-refractivity contribution in [2.45, 2.75) is 26.5 Å². The van der Waals surface area contributed by atoms with Crippen molar-refractivity contribution < 1.29 is 19.1 Å². The molecule has 0 atom stereocenters. The molecule has 2 amide bonds. The van der Waals surface area contributed by atoms with E-state index in [0.29, 0.717) is 41.6 Å². The van der Waals surface area contributed by atoms with E-state index in [4.69, 9.17) is 4.74 Å². The van der Waals surface area contributed by atoms with Crippen molar-refractivity contribution in [3.63, 3.8) is 0 Å². The summed E-state index contributed by atoms with van der Waals surface area (Å²) in [6.07, 6.45) is 1.80. The van der Waals surface area contributed by atoms with Crippen molar-refractivity contribution in [2.75, 3.05) is 25.0 Å². The quantitative estimate of drug-likeness (QED) is 0.500. The lowest BCUT2D eigenvalue weighted by Gasteiger charge is -2.27. The van der Waals surface area contributed by atoms with Crippen LogP contribution in [0.2, 0.25) is 0 Å². The van der Waals surface area contributed by atoms with Gasteiger partial charge in [-0.3, -0.25) is 14.4 Å². The number of rotatable bonds is 7. The third kappa shape index (κ3) is 5.26. The van der Waals surface area contributed by atoms with Crippen molar-refractivity contribution in [1.29, 1.82) is 5.26 Å². The maximum absolute atomic E-state index is 13.1. The van der Waals surface area contributed by atoms with Gasteiger partial charge in [-0.25, -0.2) is 9.97 Å². The molecule has 35 heavy (non-hydrogen) atoms. The zero-order valence-electron chi connectivity index (χ0n) is 19.4. The molecular formula is C25H24N6O4. The van der Waals surface area contributed by atoms with Crippen molar-refractivity contribution in [3.05, 3.63) is 58.9 Å². The Labute approximate surface area is 201 Å². The van der Waals surface area contributed by atoms with Gasteiger partial charge in [0.05, 0.1) is 29.9 Å². The lowest BCUT2D eigenvalue weighted by molar-refractivity contribution is -0.132. The Bertz CT molecular complexity index is 1350. The molecule has 2 aromatic heterocycles. The molecule has 0 unspecified atom stereocenters. The number of aromatic nitrogens is 2. The Morgan fingerprint density at radius 3 is 2.91 bits per heavy atom. The van der Waals surface area contributed by atoms with Gasteiger partial charge in [-0.1, -0.05) is 12.1 Å². The highest BCUT2D eigenvalue weighted by molar-refractivity contribution is 6.12. The molecule has 2 N–H and O–H groups in total. The molecule has 0 spiro atoms. The number of pyridine rings is 2. The molecule has 1 saturated heterocycles. The number of nitrogens with one attached hydrogen (secondary N) is 2. The van der Waals surface area contributed by atoms with Crippen LogP contribution in [0.25, 0.3) is 10.9 Å². The molecule has 1 aliphatic rings. The van der Waals surface area contributed by atoms with E-state index < -0.39 is 5.91 Å². The predicted octanol–water partition coefficient (Wildman–Crippen LogP) is 2.29. The highest BCUT2D eigenvalue weighted by Gasteiger charge is 2.21. The second-order valence-electron chi connectivity index (χ2n) is 8.32. The minimum atomic E-state index is -0.474. The summed E-state index contributed by atoms with van der Waals surface area (Å²) in [6, 6.07) is 10.4. The monoisotopic (exact) mass is 472 g/mol. The highest BCUT2D eigenvalue weighted by atomic mass is 16.5. The number of nitrogens with zero attached hydrogens (tertiary/aromatic N) is 4. The van der Waals surface area contributed by atoms with Crippen LogP contribution >= 0.6 is 0 Å². The summed E-state index contributed by atoms with van der Waals surface area (Å²) in [4.78, 5) is 47.4. The standard InChI is InChI=1S/C25H24N6O4/c1-15(2)35-21-9-22(28-11-18(21)10-26)30-25(34)19-5-3-4-16-8-17(20(14-32)29-24(16)19)13-31-7-6-27-12-23(31)33/h3-5,8-9,11,14-15,27H,6-7,12-13H2,1-2H3,(H,28,30,34). The molecule has 0 radical (unpaired) electrons. The number of carbonyl (C=O) groups is 3. The lowest BCUT2D eigenvalue weighted by Crippen LogP contribution is -2.47. The van der Waals surface area contributed by atoms with Crippen LogP contribution in [0.3, 0.4) is 0 Å². The van der Waals surface area contributed by atoms with E-state index in [1.807, 2.05) is 19.9 Å². The van der Waals surface area contributed by atoms with E-state index in [-0.39, 0.29) is 47.7 Å². The normalized spacial score (nSPS) is 13.5. The summed E-state index contributed by atoms with van der Waals surface area (Å²) in [7, 11) is 0. The number of nitriles is 1. The second kappa shape index (κ2) is 10.3. The Morgan fingerprint density at radius 1 is 1.37 bits per heavy atom. The van der Waals surface area contributed by atoms with E-state index in [1.54, 1.807) is 29.2 Å². The molecule has 0 aliphatic carbocycles. The van der Waals surface area contributed by atoms with E-state index in [0.717, 1.165) is 0 Å². The summed E-state index contributed by atoms with van der Waals surface area (Å²) in [6.45, 7) is 5.41. The number of fused-ring (bicyclic) bond motifs is 1. The fourth-order valence-electron chi connectivity index (χ4n) is 3.81. The number of hydrogen-bond acceptors (Lipinski definition) is 8. The van der Waals surface area contributed by atoms with Gasteiger partial charge in [0.25, 0.3) is 5.91 Å². The molecule has 3 aromatic rings. The highest BCUT2D eigenvalue weighted by Crippen LogP contribution is 2.25. The van der Waals surface area contributed by atoms with Gasteiger partial charge in [0.1, 0.15) is 28.9 Å². The van der Waals surface area contributed by atoms with E-state index >= 15 is 0 Å². The van der Waals surface area contributed by atoms with Gasteiger partial charge in [0.15, 0.2) is 6.29 Å². The molecule has 10 nitrogen and oxygen atoms in total. The summed E-state index contributed by atoms with van der Waals surface area (Å²) < 4.78 is 5.65. The average Bonchev–Trinajstić information content (AvgIpc) is 2.84. The maximum Gasteiger partial charge on any atom is 0.259 e. The minimum Gasteiger partial charge on any atom is -0.489 e. The predicted molar refractivity (Wildman–Crippen MR) is 128 cm³/mol. The maximum atomic E-state index is 13.1. The van der Waals surface area contributed by atoms with Crippen LogP contribution in [0.4, 0.5) is 5.82 Å². The zero-order valence-corrected chi connectivity index (χ0v) is 19.4. The van der Waals surface area contributed by atoms with Crippen LogP contribution in [-0.4, -0.2) is 58.7 Å². The Balaban J connectivity index is 1.64. The van der Waals surface area contributed by atoms with Crippen LogP contribution in [0.1, 0.15) is 45.8 Å². The molecular weight excluding hydrogens is 448 g/mol. The molecule has 1 aromatic carbocycles. The summed E-state index contributed by atoms with van der Waals surface area (Å²) in [5, 5.41) is 15.7. The first-order chi connectivity index (χ1) is 16.9. The van der Waals surface area contributed by atoms with Crippen LogP contribution in [0, 0.1) is 11.3 Å². The zero-order chi connectivity index (χ0) is 24.9. The Kier molecular flexibility index (Phi) is 6.98. The van der Waals surface area contributed by atoms with Gasteiger partial charge in [0, 0.05) is 36.7 Å². The first kappa shape index (κ1) is 23.8. The topological polar surface area (TPSA) is 137 Å². The number of benzene rings is 1. The van der Waals surface area contributed by atoms with Gasteiger partial charge in [-0.05, 0) is 26.0 Å². The van der Waals surface area contributed by atoms with Crippen LogP contribution in [0.15, 0.2) is 36.5 Å². The molecule has 0 bridgehead atoms. The minimum absolute atomic E-state index is 0.0444. The summed E-state index contributed by atoms with van der Waals surface area (Å²) in [5.41, 5.74) is 1.66. The number of hydrogen-bond donors (Lipinski definition) is 2. The third-order valence-corrected chi connectivity index (χ3v) is 5.45. The lowest BCUT2D eigenvalue weighted by atomic mass is 10.0. The average molecular weight is 473 g/mol. The fraction of sp³-hybridized carbons (Fsp3) is 0.280. The molecule has 10 heteroatoms. The van der Waals surface area contributed by atoms with Gasteiger partial charge < -0.3 is 20.3 Å². The molecule has 4 rings (SSSR count). The van der Waals surface area contributed by atoms with Crippen molar-refractivity contribution in [3.8, 4) is 11.8 Å². The van der Waals surface area contributed by atoms with Crippen molar-refractivity contribution in [2.24, 2.45) is 0 Å². The van der Waals surface area contributed by atoms with Crippen molar-refractivity contribution in [1.82, 2.24) is 20.2 Å². The van der Waals surface area contributed by atoms with E-state index in [9.17, 15) is 19.6 Å². The summed E-state index contributed by atoms with van der Waals surface area (Å²) >= 11 is 0.